The minimum absolute atomic E-state index is 0.278. The lowest BCUT2D eigenvalue weighted by molar-refractivity contribution is 0.171. The molecule has 1 fully saturated rings. The largest absolute Gasteiger partial charge is 0.493 e. The SMILES string of the molecule is COc1cc(CNC2CCC(C)C(C)C2)cc2c1OCO2. The van der Waals surface area contributed by atoms with Crippen LogP contribution >= 0.6 is 0 Å². The number of methoxy groups -OCH3 is 1. The molecule has 0 spiro atoms. The molecule has 2 aliphatic rings. The van der Waals surface area contributed by atoms with Gasteiger partial charge in [-0.25, -0.2) is 0 Å². The van der Waals surface area contributed by atoms with Crippen LogP contribution in [0, 0.1) is 11.8 Å². The highest BCUT2D eigenvalue weighted by molar-refractivity contribution is 5.55. The predicted molar refractivity (Wildman–Crippen MR) is 81.9 cm³/mol. The summed E-state index contributed by atoms with van der Waals surface area (Å²) in [5.41, 5.74) is 1.18. The van der Waals surface area contributed by atoms with E-state index < -0.39 is 0 Å². The van der Waals surface area contributed by atoms with Crippen molar-refractivity contribution in [2.75, 3.05) is 13.9 Å². The fourth-order valence-electron chi connectivity index (χ4n) is 3.28. The second kappa shape index (κ2) is 6.14. The van der Waals surface area contributed by atoms with E-state index >= 15 is 0 Å². The standard InChI is InChI=1S/C17H25NO3/c1-11-4-5-14(6-12(11)2)18-9-13-7-15(19-3)17-16(8-13)20-10-21-17/h7-8,11-12,14,18H,4-6,9-10H2,1-3H3. The van der Waals surface area contributed by atoms with Crippen molar-refractivity contribution < 1.29 is 14.2 Å². The van der Waals surface area contributed by atoms with Crippen molar-refractivity contribution in [1.82, 2.24) is 5.32 Å². The van der Waals surface area contributed by atoms with Crippen molar-refractivity contribution in [2.45, 2.75) is 45.7 Å². The number of nitrogens with one attached hydrogen (secondary N) is 1. The number of hydrogen-bond acceptors (Lipinski definition) is 4. The lowest BCUT2D eigenvalue weighted by atomic mass is 9.79. The van der Waals surface area contributed by atoms with E-state index in [1.54, 1.807) is 7.11 Å². The molecule has 1 aliphatic carbocycles. The van der Waals surface area contributed by atoms with E-state index in [1.807, 2.05) is 12.1 Å². The Balaban J connectivity index is 1.63. The third-order valence-corrected chi connectivity index (χ3v) is 4.91. The average molecular weight is 291 g/mol. The monoisotopic (exact) mass is 291 g/mol. The molecule has 1 aromatic carbocycles. The molecule has 3 rings (SSSR count). The Bertz CT molecular complexity index is 503. The zero-order valence-electron chi connectivity index (χ0n) is 13.1. The molecular formula is C17H25NO3. The normalized spacial score (nSPS) is 27.7. The maximum Gasteiger partial charge on any atom is 0.231 e. The second-order valence-corrected chi connectivity index (χ2v) is 6.38. The van der Waals surface area contributed by atoms with Gasteiger partial charge in [0.25, 0.3) is 0 Å². The number of hydrogen-bond donors (Lipinski definition) is 1. The zero-order valence-corrected chi connectivity index (χ0v) is 13.1. The van der Waals surface area contributed by atoms with Gasteiger partial charge in [-0.15, -0.1) is 0 Å². The highest BCUT2D eigenvalue weighted by atomic mass is 16.7. The van der Waals surface area contributed by atoms with Crippen LogP contribution in [0.1, 0.15) is 38.7 Å². The van der Waals surface area contributed by atoms with Crippen LogP contribution in [0.4, 0.5) is 0 Å². The summed E-state index contributed by atoms with van der Waals surface area (Å²) in [4.78, 5) is 0. The summed E-state index contributed by atoms with van der Waals surface area (Å²) in [5, 5.41) is 3.68. The molecule has 0 amide bonds. The first-order valence-electron chi connectivity index (χ1n) is 7.87. The summed E-state index contributed by atoms with van der Waals surface area (Å²) in [6.45, 7) is 5.85. The second-order valence-electron chi connectivity index (χ2n) is 6.38. The summed E-state index contributed by atoms with van der Waals surface area (Å²) in [7, 11) is 1.67. The minimum Gasteiger partial charge on any atom is -0.493 e. The average Bonchev–Trinajstić information content (AvgIpc) is 2.96. The Hall–Kier alpha value is -1.42. The molecule has 116 valence electrons. The van der Waals surface area contributed by atoms with E-state index in [-0.39, 0.29) is 6.79 Å². The van der Waals surface area contributed by atoms with Crippen LogP contribution in [0.3, 0.4) is 0 Å². The van der Waals surface area contributed by atoms with Gasteiger partial charge in [-0.05, 0) is 48.8 Å². The Morgan fingerprint density at radius 3 is 2.81 bits per heavy atom. The van der Waals surface area contributed by atoms with Gasteiger partial charge in [0.15, 0.2) is 11.5 Å². The van der Waals surface area contributed by atoms with E-state index in [1.165, 1.54) is 24.8 Å². The molecule has 1 heterocycles. The first-order valence-corrected chi connectivity index (χ1v) is 7.87. The van der Waals surface area contributed by atoms with Gasteiger partial charge in [0.1, 0.15) is 0 Å². The molecule has 3 atom stereocenters. The summed E-state index contributed by atoms with van der Waals surface area (Å²) < 4.78 is 16.3. The van der Waals surface area contributed by atoms with Crippen molar-refractivity contribution >= 4 is 0 Å². The summed E-state index contributed by atoms with van der Waals surface area (Å²) in [5.74, 6) is 3.93. The highest BCUT2D eigenvalue weighted by Gasteiger charge is 2.25. The molecule has 3 unspecified atom stereocenters. The van der Waals surface area contributed by atoms with Crippen molar-refractivity contribution in [3.05, 3.63) is 17.7 Å². The Labute approximate surface area is 126 Å². The number of benzene rings is 1. The van der Waals surface area contributed by atoms with E-state index in [0.29, 0.717) is 6.04 Å². The quantitative estimate of drug-likeness (QED) is 0.923. The lowest BCUT2D eigenvalue weighted by Gasteiger charge is -2.32. The molecule has 4 heteroatoms. The summed E-state index contributed by atoms with van der Waals surface area (Å²) >= 11 is 0. The molecule has 21 heavy (non-hydrogen) atoms. The van der Waals surface area contributed by atoms with Gasteiger partial charge in [-0.1, -0.05) is 13.8 Å². The smallest absolute Gasteiger partial charge is 0.231 e. The number of rotatable bonds is 4. The minimum atomic E-state index is 0.278. The Kier molecular flexibility index (Phi) is 4.24. The van der Waals surface area contributed by atoms with Gasteiger partial charge in [0, 0.05) is 12.6 Å². The molecule has 1 N–H and O–H groups in total. The molecule has 1 aromatic rings. The number of fused-ring (bicyclic) bond motifs is 1. The van der Waals surface area contributed by atoms with Crippen LogP contribution in [0.2, 0.25) is 0 Å². The molecule has 0 aromatic heterocycles. The summed E-state index contributed by atoms with van der Waals surface area (Å²) in [6.07, 6.45) is 3.86. The van der Waals surface area contributed by atoms with Crippen LogP contribution in [0.5, 0.6) is 17.2 Å². The van der Waals surface area contributed by atoms with Crippen molar-refractivity contribution in [2.24, 2.45) is 11.8 Å². The first kappa shape index (κ1) is 14.5. The van der Waals surface area contributed by atoms with Gasteiger partial charge in [0.2, 0.25) is 12.5 Å². The molecule has 0 radical (unpaired) electrons. The van der Waals surface area contributed by atoms with Crippen LogP contribution < -0.4 is 19.5 Å². The Morgan fingerprint density at radius 1 is 1.19 bits per heavy atom. The lowest BCUT2D eigenvalue weighted by Crippen LogP contribution is -2.35. The highest BCUT2D eigenvalue weighted by Crippen LogP contribution is 2.41. The molecule has 4 nitrogen and oxygen atoms in total. The third kappa shape index (κ3) is 3.10. The topological polar surface area (TPSA) is 39.7 Å². The summed E-state index contributed by atoms with van der Waals surface area (Å²) in [6, 6.07) is 4.70. The fraction of sp³-hybridized carbons (Fsp3) is 0.647. The third-order valence-electron chi connectivity index (χ3n) is 4.91. The molecule has 1 saturated carbocycles. The van der Waals surface area contributed by atoms with E-state index in [4.69, 9.17) is 14.2 Å². The molecule has 0 bridgehead atoms. The van der Waals surface area contributed by atoms with Crippen LogP contribution in [-0.4, -0.2) is 19.9 Å². The van der Waals surface area contributed by atoms with Crippen LogP contribution in [0.15, 0.2) is 12.1 Å². The zero-order chi connectivity index (χ0) is 14.8. The van der Waals surface area contributed by atoms with Gasteiger partial charge < -0.3 is 19.5 Å². The van der Waals surface area contributed by atoms with E-state index in [2.05, 4.69) is 19.2 Å². The van der Waals surface area contributed by atoms with Crippen LogP contribution in [0.25, 0.3) is 0 Å². The fourth-order valence-corrected chi connectivity index (χ4v) is 3.28. The van der Waals surface area contributed by atoms with Gasteiger partial charge in [-0.3, -0.25) is 0 Å². The molecular weight excluding hydrogens is 266 g/mol. The van der Waals surface area contributed by atoms with Gasteiger partial charge in [0.05, 0.1) is 7.11 Å². The van der Waals surface area contributed by atoms with Crippen molar-refractivity contribution in [3.8, 4) is 17.2 Å². The first-order chi connectivity index (χ1) is 10.2. The van der Waals surface area contributed by atoms with Gasteiger partial charge in [-0.2, -0.15) is 0 Å². The maximum atomic E-state index is 5.47. The van der Waals surface area contributed by atoms with Gasteiger partial charge >= 0.3 is 0 Å². The van der Waals surface area contributed by atoms with E-state index in [9.17, 15) is 0 Å². The van der Waals surface area contributed by atoms with Crippen molar-refractivity contribution in [1.29, 1.82) is 0 Å². The number of ether oxygens (including phenoxy) is 3. The maximum absolute atomic E-state index is 5.47. The van der Waals surface area contributed by atoms with Crippen molar-refractivity contribution in [3.63, 3.8) is 0 Å². The Morgan fingerprint density at radius 2 is 2.05 bits per heavy atom. The predicted octanol–water partition coefficient (Wildman–Crippen LogP) is 3.34. The van der Waals surface area contributed by atoms with Crippen LogP contribution in [-0.2, 0) is 6.54 Å². The molecule has 1 aliphatic heterocycles. The molecule has 0 saturated heterocycles. The van der Waals surface area contributed by atoms with E-state index in [0.717, 1.165) is 35.6 Å².